The van der Waals surface area contributed by atoms with Gasteiger partial charge in [0, 0.05) is 11.1 Å². The number of nitrogens with two attached hydrogens (primary N) is 1. The standard InChI is InChI=1S/C20H13BrFN5O/c21-19-17(12-5-3-4-11(8-12)10-23)25-20(24)16-9-15(26-27(16)19)18(28)13-6-1-2-7-14(13)22/h1-9,18,28H,(H2,24,25). The average molecular weight is 438 g/mol. The normalized spacial score (nSPS) is 12.1. The van der Waals surface area contributed by atoms with Crippen molar-refractivity contribution in [2.45, 2.75) is 6.10 Å². The number of nitrogen functional groups attached to an aromatic ring is 1. The molecule has 0 amide bonds. The molecule has 3 N–H and O–H groups in total. The van der Waals surface area contributed by atoms with Gasteiger partial charge in [-0.1, -0.05) is 30.3 Å². The van der Waals surface area contributed by atoms with E-state index in [1.165, 1.54) is 16.6 Å². The lowest BCUT2D eigenvalue weighted by molar-refractivity contribution is 0.209. The van der Waals surface area contributed by atoms with Gasteiger partial charge in [0.25, 0.3) is 0 Å². The van der Waals surface area contributed by atoms with Crippen LogP contribution in [0.5, 0.6) is 0 Å². The maximum atomic E-state index is 14.0. The van der Waals surface area contributed by atoms with E-state index < -0.39 is 11.9 Å². The van der Waals surface area contributed by atoms with E-state index in [-0.39, 0.29) is 17.1 Å². The molecule has 6 nitrogen and oxygen atoms in total. The van der Waals surface area contributed by atoms with E-state index in [4.69, 9.17) is 11.0 Å². The van der Waals surface area contributed by atoms with Gasteiger partial charge in [-0.05, 0) is 40.2 Å². The van der Waals surface area contributed by atoms with Crippen LogP contribution in [0.4, 0.5) is 10.2 Å². The van der Waals surface area contributed by atoms with E-state index >= 15 is 0 Å². The zero-order chi connectivity index (χ0) is 19.8. The molecule has 0 aliphatic heterocycles. The first-order chi connectivity index (χ1) is 13.5. The molecule has 28 heavy (non-hydrogen) atoms. The summed E-state index contributed by atoms with van der Waals surface area (Å²) in [5, 5.41) is 24.1. The lowest BCUT2D eigenvalue weighted by Crippen LogP contribution is -2.04. The molecule has 0 saturated carbocycles. The summed E-state index contributed by atoms with van der Waals surface area (Å²) in [6.45, 7) is 0. The fourth-order valence-electron chi connectivity index (χ4n) is 2.97. The van der Waals surface area contributed by atoms with Gasteiger partial charge in [0.2, 0.25) is 0 Å². The first kappa shape index (κ1) is 18.1. The van der Waals surface area contributed by atoms with Crippen LogP contribution in [0, 0.1) is 17.1 Å². The zero-order valence-corrected chi connectivity index (χ0v) is 15.9. The second kappa shape index (κ2) is 7.03. The Morgan fingerprint density at radius 1 is 1.18 bits per heavy atom. The Bertz CT molecular complexity index is 1250. The average Bonchev–Trinajstić information content (AvgIpc) is 3.17. The number of hydrogen-bond acceptors (Lipinski definition) is 5. The smallest absolute Gasteiger partial charge is 0.150 e. The van der Waals surface area contributed by atoms with E-state index in [9.17, 15) is 9.50 Å². The molecule has 2 aromatic carbocycles. The Morgan fingerprint density at radius 3 is 2.71 bits per heavy atom. The van der Waals surface area contributed by atoms with Crippen molar-refractivity contribution >= 4 is 27.3 Å². The van der Waals surface area contributed by atoms with Crippen molar-refractivity contribution in [2.75, 3.05) is 5.73 Å². The van der Waals surface area contributed by atoms with E-state index in [1.807, 2.05) is 0 Å². The van der Waals surface area contributed by atoms with Gasteiger partial charge in [-0.15, -0.1) is 0 Å². The number of hydrogen-bond donors (Lipinski definition) is 2. The molecule has 138 valence electrons. The molecular formula is C20H13BrFN5O. The first-order valence-corrected chi connectivity index (χ1v) is 9.06. The Balaban J connectivity index is 1.86. The summed E-state index contributed by atoms with van der Waals surface area (Å²) in [5.41, 5.74) is 8.60. The number of aliphatic hydroxyl groups excluding tert-OH is 1. The molecule has 1 unspecified atom stereocenters. The number of aliphatic hydroxyl groups is 1. The minimum atomic E-state index is -1.25. The van der Waals surface area contributed by atoms with Crippen LogP contribution in [-0.2, 0) is 0 Å². The van der Waals surface area contributed by atoms with E-state index in [0.717, 1.165) is 0 Å². The van der Waals surface area contributed by atoms with Crippen molar-refractivity contribution in [3.05, 3.63) is 81.8 Å². The molecule has 0 saturated heterocycles. The molecule has 0 bridgehead atoms. The predicted octanol–water partition coefficient (Wildman–Crippen LogP) is 3.83. The van der Waals surface area contributed by atoms with Crippen molar-refractivity contribution in [2.24, 2.45) is 0 Å². The Hall–Kier alpha value is -3.28. The summed E-state index contributed by atoms with van der Waals surface area (Å²) < 4.78 is 16.0. The third kappa shape index (κ3) is 3.01. The molecule has 0 spiro atoms. The highest BCUT2D eigenvalue weighted by atomic mass is 79.9. The molecular weight excluding hydrogens is 425 g/mol. The van der Waals surface area contributed by atoms with E-state index in [2.05, 4.69) is 32.1 Å². The molecule has 4 rings (SSSR count). The Morgan fingerprint density at radius 2 is 1.96 bits per heavy atom. The second-order valence-electron chi connectivity index (χ2n) is 6.12. The zero-order valence-electron chi connectivity index (χ0n) is 14.3. The summed E-state index contributed by atoms with van der Waals surface area (Å²) in [4.78, 5) is 4.41. The third-order valence-corrected chi connectivity index (χ3v) is 5.06. The number of fused-ring (bicyclic) bond motifs is 1. The van der Waals surface area contributed by atoms with Gasteiger partial charge in [-0.2, -0.15) is 10.4 Å². The molecule has 8 heteroatoms. The topological polar surface area (TPSA) is 100 Å². The SMILES string of the molecule is N#Cc1cccc(-c2nc(N)c3cc(C(O)c4ccccc4F)nn3c2Br)c1. The van der Waals surface area contributed by atoms with Gasteiger partial charge in [-0.3, -0.25) is 0 Å². The van der Waals surface area contributed by atoms with Crippen molar-refractivity contribution in [3.63, 3.8) is 0 Å². The van der Waals surface area contributed by atoms with Crippen molar-refractivity contribution in [1.82, 2.24) is 14.6 Å². The fourth-order valence-corrected chi connectivity index (χ4v) is 3.55. The molecule has 0 aliphatic rings. The third-order valence-electron chi connectivity index (χ3n) is 4.35. The molecule has 0 radical (unpaired) electrons. The number of aromatic nitrogens is 3. The van der Waals surface area contributed by atoms with Crippen molar-refractivity contribution in [1.29, 1.82) is 5.26 Å². The summed E-state index contributed by atoms with van der Waals surface area (Å²) in [6.07, 6.45) is -1.25. The first-order valence-electron chi connectivity index (χ1n) is 8.27. The molecule has 4 aromatic rings. The predicted molar refractivity (Wildman–Crippen MR) is 106 cm³/mol. The summed E-state index contributed by atoms with van der Waals surface area (Å²) >= 11 is 3.48. The molecule has 1 atom stereocenters. The number of halogens is 2. The van der Waals surface area contributed by atoms with Crippen LogP contribution >= 0.6 is 15.9 Å². The van der Waals surface area contributed by atoms with Crippen LogP contribution in [0.15, 0.2) is 59.2 Å². The Kier molecular flexibility index (Phi) is 4.55. The van der Waals surface area contributed by atoms with Crippen LogP contribution in [0.25, 0.3) is 16.8 Å². The van der Waals surface area contributed by atoms with Crippen LogP contribution in [0.3, 0.4) is 0 Å². The van der Waals surface area contributed by atoms with Crippen molar-refractivity contribution < 1.29 is 9.50 Å². The van der Waals surface area contributed by atoms with Crippen LogP contribution in [0.1, 0.15) is 22.9 Å². The largest absolute Gasteiger partial charge is 0.382 e. The highest BCUT2D eigenvalue weighted by molar-refractivity contribution is 9.10. The van der Waals surface area contributed by atoms with Crippen LogP contribution < -0.4 is 5.73 Å². The van der Waals surface area contributed by atoms with E-state index in [1.54, 1.807) is 42.5 Å². The van der Waals surface area contributed by atoms with Gasteiger partial charge >= 0.3 is 0 Å². The number of nitriles is 1. The molecule has 2 aromatic heterocycles. The summed E-state index contributed by atoms with van der Waals surface area (Å²) in [5.74, 6) is -0.328. The molecule has 0 aliphatic carbocycles. The summed E-state index contributed by atoms with van der Waals surface area (Å²) in [7, 11) is 0. The molecule has 2 heterocycles. The number of nitrogens with zero attached hydrogens (tertiary/aromatic N) is 4. The maximum absolute atomic E-state index is 14.0. The van der Waals surface area contributed by atoms with Gasteiger partial charge in [0.15, 0.2) is 0 Å². The number of rotatable bonds is 3. The molecule has 0 fully saturated rings. The quantitative estimate of drug-likeness (QED) is 0.507. The van der Waals surface area contributed by atoms with Crippen LogP contribution in [-0.4, -0.2) is 19.7 Å². The lowest BCUT2D eigenvalue weighted by Gasteiger charge is -2.09. The van der Waals surface area contributed by atoms with Crippen LogP contribution in [0.2, 0.25) is 0 Å². The number of benzene rings is 2. The highest BCUT2D eigenvalue weighted by Gasteiger charge is 2.21. The maximum Gasteiger partial charge on any atom is 0.150 e. The second-order valence-corrected chi connectivity index (χ2v) is 6.87. The fraction of sp³-hybridized carbons (Fsp3) is 0.0500. The van der Waals surface area contributed by atoms with Gasteiger partial charge in [0.1, 0.15) is 33.6 Å². The van der Waals surface area contributed by atoms with Gasteiger partial charge in [-0.25, -0.2) is 13.9 Å². The minimum absolute atomic E-state index is 0.121. The summed E-state index contributed by atoms with van der Waals surface area (Å²) in [6, 6.07) is 16.6. The lowest BCUT2D eigenvalue weighted by atomic mass is 10.1. The minimum Gasteiger partial charge on any atom is -0.382 e. The highest BCUT2D eigenvalue weighted by Crippen LogP contribution is 2.32. The Labute approximate surface area is 167 Å². The van der Waals surface area contributed by atoms with Gasteiger partial charge < -0.3 is 10.8 Å². The number of anilines is 1. The monoisotopic (exact) mass is 437 g/mol. The van der Waals surface area contributed by atoms with Crippen molar-refractivity contribution in [3.8, 4) is 17.3 Å². The van der Waals surface area contributed by atoms with Gasteiger partial charge in [0.05, 0.1) is 17.3 Å². The van der Waals surface area contributed by atoms with E-state index in [0.29, 0.717) is 26.9 Å².